The topological polar surface area (TPSA) is 20.3 Å². The third-order valence-electron chi connectivity index (χ3n) is 2.75. The van der Waals surface area contributed by atoms with Crippen LogP contribution in [0, 0.1) is 5.92 Å². The quantitative estimate of drug-likeness (QED) is 0.686. The van der Waals surface area contributed by atoms with Crippen molar-refractivity contribution in [3.05, 3.63) is 35.9 Å². The molecule has 0 N–H and O–H groups in total. The van der Waals surface area contributed by atoms with Crippen LogP contribution in [0.5, 0.6) is 0 Å². The van der Waals surface area contributed by atoms with Crippen LogP contribution in [0.4, 0.5) is 0 Å². The van der Waals surface area contributed by atoms with Gasteiger partial charge in [-0.25, -0.2) is 0 Å². The molecular formula is C14H21NO. The van der Waals surface area contributed by atoms with Gasteiger partial charge in [-0.1, -0.05) is 37.3 Å². The molecule has 1 aromatic rings. The van der Waals surface area contributed by atoms with E-state index >= 15 is 0 Å². The molecule has 2 heteroatoms. The van der Waals surface area contributed by atoms with Gasteiger partial charge < -0.3 is 4.90 Å². The van der Waals surface area contributed by atoms with Gasteiger partial charge in [0.2, 0.25) is 0 Å². The summed E-state index contributed by atoms with van der Waals surface area (Å²) >= 11 is 0. The Morgan fingerprint density at radius 3 is 2.44 bits per heavy atom. The van der Waals surface area contributed by atoms with Gasteiger partial charge >= 0.3 is 0 Å². The van der Waals surface area contributed by atoms with Crippen molar-refractivity contribution in [3.8, 4) is 0 Å². The largest absolute Gasteiger partial charge is 0.309 e. The number of ketones is 1. The molecule has 1 atom stereocenters. The number of nitrogens with zero attached hydrogens (tertiary/aromatic N) is 1. The van der Waals surface area contributed by atoms with Crippen molar-refractivity contribution >= 4 is 5.78 Å². The lowest BCUT2D eigenvalue weighted by Crippen LogP contribution is -2.16. The maximum absolute atomic E-state index is 12.0. The molecule has 0 saturated carbocycles. The van der Waals surface area contributed by atoms with Gasteiger partial charge in [-0.2, -0.15) is 0 Å². The van der Waals surface area contributed by atoms with Crippen LogP contribution in [-0.2, 0) is 0 Å². The number of hydrogen-bond acceptors (Lipinski definition) is 2. The predicted octanol–water partition coefficient (Wildman–Crippen LogP) is 2.85. The molecule has 1 unspecified atom stereocenters. The number of Topliss-reactive ketones (excluding diaryl/α,β-unsaturated/α-hetero) is 1. The van der Waals surface area contributed by atoms with E-state index in [0.29, 0.717) is 0 Å². The molecule has 0 saturated heterocycles. The van der Waals surface area contributed by atoms with Gasteiger partial charge in [0.15, 0.2) is 5.78 Å². The molecule has 0 fully saturated rings. The van der Waals surface area contributed by atoms with E-state index in [1.165, 1.54) is 0 Å². The van der Waals surface area contributed by atoms with Gasteiger partial charge in [0.1, 0.15) is 0 Å². The normalized spacial score (nSPS) is 12.8. The Kier molecular flexibility index (Phi) is 5.20. The molecule has 1 rings (SSSR count). The zero-order valence-corrected chi connectivity index (χ0v) is 10.4. The predicted molar refractivity (Wildman–Crippen MR) is 67.7 cm³/mol. The highest BCUT2D eigenvalue weighted by Gasteiger charge is 2.14. The van der Waals surface area contributed by atoms with Crippen LogP contribution in [0.1, 0.15) is 30.1 Å². The Morgan fingerprint density at radius 2 is 1.88 bits per heavy atom. The Bertz CT molecular complexity index is 319. The van der Waals surface area contributed by atoms with Crippen LogP contribution in [0.15, 0.2) is 30.3 Å². The van der Waals surface area contributed by atoms with Crippen LogP contribution in [0.2, 0.25) is 0 Å². The van der Waals surface area contributed by atoms with Gasteiger partial charge in [0.05, 0.1) is 0 Å². The van der Waals surface area contributed by atoms with E-state index in [9.17, 15) is 4.79 Å². The van der Waals surface area contributed by atoms with E-state index in [0.717, 1.165) is 24.9 Å². The highest BCUT2D eigenvalue weighted by Crippen LogP contribution is 2.13. The second-order valence-corrected chi connectivity index (χ2v) is 4.58. The molecule has 0 radical (unpaired) electrons. The third-order valence-corrected chi connectivity index (χ3v) is 2.75. The molecule has 0 aliphatic heterocycles. The summed E-state index contributed by atoms with van der Waals surface area (Å²) in [7, 11) is 4.12. The summed E-state index contributed by atoms with van der Waals surface area (Å²) in [4.78, 5) is 14.2. The van der Waals surface area contributed by atoms with Crippen molar-refractivity contribution in [1.82, 2.24) is 4.90 Å². The van der Waals surface area contributed by atoms with Crippen molar-refractivity contribution in [2.75, 3.05) is 20.6 Å². The smallest absolute Gasteiger partial charge is 0.165 e. The summed E-state index contributed by atoms with van der Waals surface area (Å²) in [6.07, 6.45) is 2.04. The minimum absolute atomic E-state index is 0.127. The lowest BCUT2D eigenvalue weighted by Gasteiger charge is -2.13. The van der Waals surface area contributed by atoms with Gasteiger partial charge in [0.25, 0.3) is 0 Å². The molecule has 1 aromatic carbocycles. The Morgan fingerprint density at radius 1 is 1.25 bits per heavy atom. The van der Waals surface area contributed by atoms with Gasteiger partial charge in [-0.05, 0) is 33.5 Å². The van der Waals surface area contributed by atoms with Gasteiger partial charge in [0, 0.05) is 11.5 Å². The summed E-state index contributed by atoms with van der Waals surface area (Å²) in [5, 5.41) is 0. The van der Waals surface area contributed by atoms with Crippen LogP contribution in [0.3, 0.4) is 0 Å². The minimum Gasteiger partial charge on any atom is -0.309 e. The van der Waals surface area contributed by atoms with E-state index in [2.05, 4.69) is 19.0 Å². The number of rotatable bonds is 6. The molecule has 0 aliphatic rings. The molecule has 2 nitrogen and oxygen atoms in total. The molecule has 0 spiro atoms. The fourth-order valence-electron chi connectivity index (χ4n) is 1.73. The van der Waals surface area contributed by atoms with Crippen LogP contribution >= 0.6 is 0 Å². The molecule has 0 amide bonds. The molecular weight excluding hydrogens is 198 g/mol. The summed E-state index contributed by atoms with van der Waals surface area (Å²) in [5.74, 6) is 0.390. The first kappa shape index (κ1) is 12.9. The SMILES string of the molecule is CC(CCCN(C)C)C(=O)c1ccccc1. The first-order valence-electron chi connectivity index (χ1n) is 5.85. The number of carbonyl (C=O) groups excluding carboxylic acids is 1. The lowest BCUT2D eigenvalue weighted by molar-refractivity contribution is 0.0921. The minimum atomic E-state index is 0.127. The number of hydrogen-bond donors (Lipinski definition) is 0. The van der Waals surface area contributed by atoms with E-state index in [4.69, 9.17) is 0 Å². The summed E-state index contributed by atoms with van der Waals surface area (Å²) in [6, 6.07) is 9.56. The molecule has 16 heavy (non-hydrogen) atoms. The van der Waals surface area contributed by atoms with E-state index in [-0.39, 0.29) is 11.7 Å². The fourth-order valence-corrected chi connectivity index (χ4v) is 1.73. The molecule has 0 bridgehead atoms. The van der Waals surface area contributed by atoms with Gasteiger partial charge in [-0.15, -0.1) is 0 Å². The maximum Gasteiger partial charge on any atom is 0.165 e. The third kappa shape index (κ3) is 4.15. The zero-order valence-electron chi connectivity index (χ0n) is 10.4. The molecule has 0 aromatic heterocycles. The van der Waals surface area contributed by atoms with Crippen LogP contribution in [-0.4, -0.2) is 31.3 Å². The van der Waals surface area contributed by atoms with Crippen molar-refractivity contribution in [2.45, 2.75) is 19.8 Å². The first-order chi connectivity index (χ1) is 7.61. The van der Waals surface area contributed by atoms with Gasteiger partial charge in [-0.3, -0.25) is 4.79 Å². The average molecular weight is 219 g/mol. The average Bonchev–Trinajstić information content (AvgIpc) is 2.28. The van der Waals surface area contributed by atoms with E-state index in [1.807, 2.05) is 37.3 Å². The Hall–Kier alpha value is -1.15. The standard InChI is InChI=1S/C14H21NO/c1-12(8-7-11-15(2)3)14(16)13-9-5-4-6-10-13/h4-6,9-10,12H,7-8,11H2,1-3H3. The monoisotopic (exact) mass is 219 g/mol. The van der Waals surface area contributed by atoms with Crippen molar-refractivity contribution in [2.24, 2.45) is 5.92 Å². The zero-order chi connectivity index (χ0) is 12.0. The van der Waals surface area contributed by atoms with E-state index in [1.54, 1.807) is 0 Å². The summed E-state index contributed by atoms with van der Waals surface area (Å²) in [5.41, 5.74) is 0.833. The van der Waals surface area contributed by atoms with Crippen molar-refractivity contribution in [3.63, 3.8) is 0 Å². The number of benzene rings is 1. The second kappa shape index (κ2) is 6.44. The second-order valence-electron chi connectivity index (χ2n) is 4.58. The van der Waals surface area contributed by atoms with Crippen molar-refractivity contribution < 1.29 is 4.79 Å². The van der Waals surface area contributed by atoms with Crippen LogP contribution in [0.25, 0.3) is 0 Å². The first-order valence-corrected chi connectivity index (χ1v) is 5.85. The maximum atomic E-state index is 12.0. The highest BCUT2D eigenvalue weighted by atomic mass is 16.1. The van der Waals surface area contributed by atoms with Crippen molar-refractivity contribution in [1.29, 1.82) is 0 Å². The lowest BCUT2D eigenvalue weighted by atomic mass is 9.95. The fraction of sp³-hybridized carbons (Fsp3) is 0.500. The van der Waals surface area contributed by atoms with Crippen LogP contribution < -0.4 is 0 Å². The molecule has 0 aliphatic carbocycles. The molecule has 0 heterocycles. The summed E-state index contributed by atoms with van der Waals surface area (Å²) < 4.78 is 0. The summed E-state index contributed by atoms with van der Waals surface area (Å²) in [6.45, 7) is 3.07. The Balaban J connectivity index is 2.43. The Labute approximate surface area is 98.3 Å². The van der Waals surface area contributed by atoms with E-state index < -0.39 is 0 Å². The molecule has 88 valence electrons. The highest BCUT2D eigenvalue weighted by molar-refractivity contribution is 5.97. The number of carbonyl (C=O) groups is 1.